The summed E-state index contributed by atoms with van der Waals surface area (Å²) in [5, 5.41) is 2.58. The number of amides is 3. The highest BCUT2D eigenvalue weighted by atomic mass is 16.2. The lowest BCUT2D eigenvalue weighted by molar-refractivity contribution is 0.0936. The molecule has 3 amide bonds. The minimum absolute atomic E-state index is 0.0219. The fraction of sp³-hybridized carbons (Fsp3) is 0.273. The van der Waals surface area contributed by atoms with Crippen molar-refractivity contribution in [1.29, 1.82) is 0 Å². The number of rotatable bonds is 2. The van der Waals surface area contributed by atoms with Crippen molar-refractivity contribution in [3.8, 4) is 0 Å². The standard InChI is InChI=1S/C11H15N3O2/c1-8(2)12-11(16)14-13-10(15)9-6-4-3-5-7-9/h3-8H,1-2H3,(H,13,15)(H2,12,14,16). The first kappa shape index (κ1) is 12.0. The largest absolute Gasteiger partial charge is 0.335 e. The molecule has 0 aliphatic rings. The van der Waals surface area contributed by atoms with Crippen molar-refractivity contribution in [1.82, 2.24) is 16.2 Å². The maximum Gasteiger partial charge on any atom is 0.333 e. The summed E-state index contributed by atoms with van der Waals surface area (Å²) in [5.41, 5.74) is 5.06. The van der Waals surface area contributed by atoms with E-state index < -0.39 is 6.03 Å². The van der Waals surface area contributed by atoms with Gasteiger partial charge < -0.3 is 5.32 Å². The van der Waals surface area contributed by atoms with Gasteiger partial charge in [0.25, 0.3) is 5.91 Å². The van der Waals surface area contributed by atoms with Crippen LogP contribution in [0.25, 0.3) is 0 Å². The van der Waals surface area contributed by atoms with Crippen LogP contribution in [0.2, 0.25) is 0 Å². The zero-order valence-electron chi connectivity index (χ0n) is 9.28. The fourth-order valence-electron chi connectivity index (χ4n) is 1.07. The van der Waals surface area contributed by atoms with Crippen molar-refractivity contribution < 1.29 is 9.59 Å². The number of hydrogen-bond acceptors (Lipinski definition) is 2. The Kier molecular flexibility index (Phi) is 4.32. The van der Waals surface area contributed by atoms with Crippen LogP contribution in [0.4, 0.5) is 4.79 Å². The molecule has 0 aliphatic heterocycles. The molecule has 0 bridgehead atoms. The van der Waals surface area contributed by atoms with Crippen LogP contribution in [0.3, 0.4) is 0 Å². The fourth-order valence-corrected chi connectivity index (χ4v) is 1.07. The first-order valence-corrected chi connectivity index (χ1v) is 5.01. The summed E-state index contributed by atoms with van der Waals surface area (Å²) in [6.45, 7) is 3.66. The second kappa shape index (κ2) is 5.75. The molecule has 0 atom stereocenters. The molecule has 0 aromatic heterocycles. The minimum Gasteiger partial charge on any atom is -0.335 e. The van der Waals surface area contributed by atoms with Gasteiger partial charge >= 0.3 is 6.03 Å². The number of hydrogen-bond donors (Lipinski definition) is 3. The molecule has 0 saturated carbocycles. The normalized spacial score (nSPS) is 9.69. The molecule has 0 unspecified atom stereocenters. The number of carbonyl (C=O) groups excluding carboxylic acids is 2. The monoisotopic (exact) mass is 221 g/mol. The molecule has 1 aromatic rings. The third-order valence-corrected chi connectivity index (χ3v) is 1.75. The minimum atomic E-state index is -0.431. The SMILES string of the molecule is CC(C)NC(=O)NNC(=O)c1ccccc1. The van der Waals surface area contributed by atoms with E-state index in [0.717, 1.165) is 0 Å². The van der Waals surface area contributed by atoms with E-state index in [1.54, 1.807) is 24.3 Å². The average molecular weight is 221 g/mol. The zero-order chi connectivity index (χ0) is 12.0. The summed E-state index contributed by atoms with van der Waals surface area (Å²) >= 11 is 0. The van der Waals surface area contributed by atoms with E-state index in [-0.39, 0.29) is 11.9 Å². The van der Waals surface area contributed by atoms with Gasteiger partial charge in [-0.2, -0.15) is 0 Å². The second-order valence-electron chi connectivity index (χ2n) is 3.57. The van der Waals surface area contributed by atoms with Crippen molar-refractivity contribution in [3.63, 3.8) is 0 Å². The lowest BCUT2D eigenvalue weighted by atomic mass is 10.2. The van der Waals surface area contributed by atoms with Crippen LogP contribution in [0, 0.1) is 0 Å². The van der Waals surface area contributed by atoms with E-state index in [0.29, 0.717) is 5.56 Å². The molecule has 0 radical (unpaired) electrons. The Morgan fingerprint density at radius 2 is 1.69 bits per heavy atom. The van der Waals surface area contributed by atoms with Crippen LogP contribution < -0.4 is 16.2 Å². The van der Waals surface area contributed by atoms with Crippen LogP contribution in [-0.2, 0) is 0 Å². The summed E-state index contributed by atoms with van der Waals surface area (Å²) in [5.74, 6) is -0.348. The molecule has 0 fully saturated rings. The second-order valence-corrected chi connectivity index (χ2v) is 3.57. The van der Waals surface area contributed by atoms with Crippen LogP contribution in [0.5, 0.6) is 0 Å². The molecule has 86 valence electrons. The predicted molar refractivity (Wildman–Crippen MR) is 60.7 cm³/mol. The Balaban J connectivity index is 2.39. The highest BCUT2D eigenvalue weighted by Crippen LogP contribution is 1.96. The third kappa shape index (κ3) is 4.00. The van der Waals surface area contributed by atoms with Crippen molar-refractivity contribution in [2.45, 2.75) is 19.9 Å². The van der Waals surface area contributed by atoms with Crippen molar-refractivity contribution in [2.24, 2.45) is 0 Å². The quantitative estimate of drug-likeness (QED) is 0.653. The highest BCUT2D eigenvalue weighted by molar-refractivity contribution is 5.95. The molecule has 5 heteroatoms. The Bertz CT molecular complexity index is 363. The van der Waals surface area contributed by atoms with Gasteiger partial charge in [0.15, 0.2) is 0 Å². The summed E-state index contributed by atoms with van der Waals surface area (Å²) in [6.07, 6.45) is 0. The molecule has 0 heterocycles. The summed E-state index contributed by atoms with van der Waals surface area (Å²) in [7, 11) is 0. The van der Waals surface area contributed by atoms with Crippen molar-refractivity contribution >= 4 is 11.9 Å². The van der Waals surface area contributed by atoms with E-state index in [4.69, 9.17) is 0 Å². The smallest absolute Gasteiger partial charge is 0.333 e. The third-order valence-electron chi connectivity index (χ3n) is 1.75. The van der Waals surface area contributed by atoms with Crippen LogP contribution in [0.1, 0.15) is 24.2 Å². The molecule has 16 heavy (non-hydrogen) atoms. The summed E-state index contributed by atoms with van der Waals surface area (Å²) in [4.78, 5) is 22.6. The van der Waals surface area contributed by atoms with E-state index in [1.165, 1.54) is 0 Å². The van der Waals surface area contributed by atoms with Gasteiger partial charge in [-0.1, -0.05) is 18.2 Å². The van der Waals surface area contributed by atoms with Crippen LogP contribution in [0.15, 0.2) is 30.3 Å². The van der Waals surface area contributed by atoms with Gasteiger partial charge in [0, 0.05) is 11.6 Å². The topological polar surface area (TPSA) is 70.2 Å². The Morgan fingerprint density at radius 1 is 1.06 bits per heavy atom. The van der Waals surface area contributed by atoms with Gasteiger partial charge in [-0.3, -0.25) is 10.2 Å². The average Bonchev–Trinajstić information content (AvgIpc) is 2.26. The molecule has 0 spiro atoms. The molecular weight excluding hydrogens is 206 g/mol. The number of urea groups is 1. The first-order chi connectivity index (χ1) is 7.59. The summed E-state index contributed by atoms with van der Waals surface area (Å²) in [6, 6.07) is 8.24. The predicted octanol–water partition coefficient (Wildman–Crippen LogP) is 1.04. The van der Waals surface area contributed by atoms with Crippen LogP contribution in [-0.4, -0.2) is 18.0 Å². The Morgan fingerprint density at radius 3 is 2.25 bits per heavy atom. The van der Waals surface area contributed by atoms with Gasteiger partial charge in [0.05, 0.1) is 0 Å². The molecular formula is C11H15N3O2. The highest BCUT2D eigenvalue weighted by Gasteiger charge is 2.06. The van der Waals surface area contributed by atoms with Gasteiger partial charge in [-0.25, -0.2) is 10.2 Å². The van der Waals surface area contributed by atoms with E-state index in [2.05, 4.69) is 16.2 Å². The molecule has 0 aliphatic carbocycles. The van der Waals surface area contributed by atoms with Crippen LogP contribution >= 0.6 is 0 Å². The molecule has 1 aromatic carbocycles. The first-order valence-electron chi connectivity index (χ1n) is 5.01. The number of hydrazine groups is 1. The molecule has 1 rings (SSSR count). The van der Waals surface area contributed by atoms with Crippen molar-refractivity contribution in [2.75, 3.05) is 0 Å². The van der Waals surface area contributed by atoms with E-state index in [1.807, 2.05) is 19.9 Å². The molecule has 5 nitrogen and oxygen atoms in total. The van der Waals surface area contributed by atoms with E-state index >= 15 is 0 Å². The lowest BCUT2D eigenvalue weighted by Crippen LogP contribution is -2.48. The Labute approximate surface area is 94.2 Å². The maximum atomic E-state index is 11.5. The Hall–Kier alpha value is -2.04. The van der Waals surface area contributed by atoms with E-state index in [9.17, 15) is 9.59 Å². The number of nitrogens with one attached hydrogen (secondary N) is 3. The van der Waals surface area contributed by atoms with Gasteiger partial charge in [0.1, 0.15) is 0 Å². The lowest BCUT2D eigenvalue weighted by Gasteiger charge is -2.10. The van der Waals surface area contributed by atoms with Gasteiger partial charge in [-0.15, -0.1) is 0 Å². The molecule has 0 saturated heterocycles. The maximum absolute atomic E-state index is 11.5. The van der Waals surface area contributed by atoms with Gasteiger partial charge in [-0.05, 0) is 26.0 Å². The van der Waals surface area contributed by atoms with Crippen molar-refractivity contribution in [3.05, 3.63) is 35.9 Å². The summed E-state index contributed by atoms with van der Waals surface area (Å²) < 4.78 is 0. The molecule has 3 N–H and O–H groups in total. The number of carbonyl (C=O) groups is 2. The number of benzene rings is 1. The van der Waals surface area contributed by atoms with Gasteiger partial charge in [0.2, 0.25) is 0 Å². The zero-order valence-corrected chi connectivity index (χ0v) is 9.28.